The van der Waals surface area contributed by atoms with E-state index in [9.17, 15) is 4.79 Å². The van der Waals surface area contributed by atoms with Crippen molar-refractivity contribution in [3.8, 4) is 5.69 Å². The van der Waals surface area contributed by atoms with E-state index >= 15 is 0 Å². The second kappa shape index (κ2) is 8.08. The van der Waals surface area contributed by atoms with Gasteiger partial charge in [0, 0.05) is 5.69 Å². The van der Waals surface area contributed by atoms with Crippen LogP contribution in [0, 0.1) is 20.8 Å². The van der Waals surface area contributed by atoms with Crippen LogP contribution in [-0.4, -0.2) is 35.9 Å². The van der Waals surface area contributed by atoms with Crippen LogP contribution < -0.4 is 5.32 Å². The molecule has 9 heteroatoms. The van der Waals surface area contributed by atoms with E-state index in [4.69, 9.17) is 11.6 Å². The number of anilines is 1. The summed E-state index contributed by atoms with van der Waals surface area (Å²) in [5.41, 5.74) is 5.58. The van der Waals surface area contributed by atoms with E-state index in [0.717, 1.165) is 16.8 Å². The molecule has 0 unspecified atom stereocenters. The van der Waals surface area contributed by atoms with Crippen LogP contribution in [0.15, 0.2) is 48.8 Å². The SMILES string of the molecule is Cc1ccc(Cn2nc(C)c(C(=O)Nc3ccc(-n4cnnn4)c(C)c3)c2Cl)cc1. The molecule has 0 aliphatic rings. The van der Waals surface area contributed by atoms with Crippen molar-refractivity contribution in [1.29, 1.82) is 0 Å². The molecule has 0 fully saturated rings. The minimum Gasteiger partial charge on any atom is -0.322 e. The number of hydrogen-bond acceptors (Lipinski definition) is 5. The summed E-state index contributed by atoms with van der Waals surface area (Å²) in [6.07, 6.45) is 1.52. The van der Waals surface area contributed by atoms with Crippen molar-refractivity contribution in [2.45, 2.75) is 27.3 Å². The second-order valence-electron chi connectivity index (χ2n) is 7.10. The summed E-state index contributed by atoms with van der Waals surface area (Å²) in [7, 11) is 0. The topological polar surface area (TPSA) is 90.5 Å². The van der Waals surface area contributed by atoms with Gasteiger partial charge in [-0.3, -0.25) is 4.79 Å². The summed E-state index contributed by atoms with van der Waals surface area (Å²) in [5.74, 6) is -0.303. The van der Waals surface area contributed by atoms with Crippen LogP contribution in [0.1, 0.15) is 32.7 Å². The van der Waals surface area contributed by atoms with E-state index in [2.05, 4.69) is 25.9 Å². The first-order valence-electron chi connectivity index (χ1n) is 9.36. The fourth-order valence-electron chi connectivity index (χ4n) is 3.24. The third kappa shape index (κ3) is 3.95. The minimum atomic E-state index is -0.303. The molecule has 0 saturated heterocycles. The summed E-state index contributed by atoms with van der Waals surface area (Å²) in [6, 6.07) is 13.6. The summed E-state index contributed by atoms with van der Waals surface area (Å²) >= 11 is 6.51. The molecule has 8 nitrogen and oxygen atoms in total. The number of amides is 1. The average molecular weight is 422 g/mol. The quantitative estimate of drug-likeness (QED) is 0.530. The third-order valence-electron chi connectivity index (χ3n) is 4.80. The molecular formula is C21H20ClN7O. The lowest BCUT2D eigenvalue weighted by atomic mass is 10.1. The molecule has 4 rings (SSSR count). The number of aromatic nitrogens is 6. The Kier molecular flexibility index (Phi) is 5.33. The Balaban J connectivity index is 1.54. The van der Waals surface area contributed by atoms with Gasteiger partial charge in [0.05, 0.1) is 23.5 Å². The lowest BCUT2D eigenvalue weighted by molar-refractivity contribution is 0.102. The Labute approximate surface area is 178 Å². The van der Waals surface area contributed by atoms with E-state index in [1.165, 1.54) is 11.9 Å². The summed E-state index contributed by atoms with van der Waals surface area (Å²) in [6.45, 7) is 6.23. The first-order chi connectivity index (χ1) is 14.4. The van der Waals surface area contributed by atoms with E-state index in [1.54, 1.807) is 22.4 Å². The largest absolute Gasteiger partial charge is 0.322 e. The molecule has 0 bridgehead atoms. The zero-order valence-electron chi connectivity index (χ0n) is 16.8. The Morgan fingerprint density at radius 2 is 1.87 bits per heavy atom. The third-order valence-corrected chi connectivity index (χ3v) is 5.18. The second-order valence-corrected chi connectivity index (χ2v) is 7.46. The fourth-order valence-corrected chi connectivity index (χ4v) is 3.56. The van der Waals surface area contributed by atoms with Crippen LogP contribution in [-0.2, 0) is 6.54 Å². The first-order valence-corrected chi connectivity index (χ1v) is 9.74. The highest BCUT2D eigenvalue weighted by Gasteiger charge is 2.21. The molecule has 1 amide bonds. The number of carbonyl (C=O) groups excluding carboxylic acids is 1. The first kappa shape index (κ1) is 19.8. The van der Waals surface area contributed by atoms with Gasteiger partial charge in [-0.15, -0.1) is 5.10 Å². The van der Waals surface area contributed by atoms with Gasteiger partial charge in [-0.1, -0.05) is 41.4 Å². The predicted octanol–water partition coefficient (Wildman–Crippen LogP) is 3.74. The molecule has 2 heterocycles. The fraction of sp³-hybridized carbons (Fsp3) is 0.190. The van der Waals surface area contributed by atoms with Crippen molar-refractivity contribution in [3.05, 3.63) is 81.9 Å². The highest BCUT2D eigenvalue weighted by molar-refractivity contribution is 6.33. The molecule has 0 atom stereocenters. The lowest BCUT2D eigenvalue weighted by Gasteiger charge is -2.09. The highest BCUT2D eigenvalue weighted by Crippen LogP contribution is 2.24. The van der Waals surface area contributed by atoms with Crippen LogP contribution in [0.25, 0.3) is 5.69 Å². The van der Waals surface area contributed by atoms with Gasteiger partial charge in [-0.05, 0) is 60.5 Å². The molecule has 152 valence electrons. The number of tetrazole rings is 1. The zero-order chi connectivity index (χ0) is 21.3. The van der Waals surface area contributed by atoms with Crippen molar-refractivity contribution < 1.29 is 4.79 Å². The lowest BCUT2D eigenvalue weighted by Crippen LogP contribution is -2.13. The molecular weight excluding hydrogens is 402 g/mol. The van der Waals surface area contributed by atoms with Gasteiger partial charge in [-0.2, -0.15) is 5.10 Å². The molecule has 30 heavy (non-hydrogen) atoms. The van der Waals surface area contributed by atoms with Gasteiger partial charge >= 0.3 is 0 Å². The van der Waals surface area contributed by atoms with Crippen molar-refractivity contribution in [1.82, 2.24) is 30.0 Å². The van der Waals surface area contributed by atoms with Gasteiger partial charge in [-0.25, -0.2) is 9.36 Å². The summed E-state index contributed by atoms with van der Waals surface area (Å²) in [4.78, 5) is 12.9. The van der Waals surface area contributed by atoms with Gasteiger partial charge < -0.3 is 5.32 Å². The van der Waals surface area contributed by atoms with E-state index in [-0.39, 0.29) is 5.91 Å². The predicted molar refractivity (Wildman–Crippen MR) is 114 cm³/mol. The normalized spacial score (nSPS) is 10.9. The number of benzene rings is 2. The standard InChI is InChI=1S/C21H20ClN7O/c1-13-4-6-16(7-5-13)11-28-20(22)19(15(3)25-28)21(30)24-17-8-9-18(14(2)10-17)29-12-23-26-27-29/h4-10,12H,11H2,1-3H3,(H,24,30). The van der Waals surface area contributed by atoms with Crippen LogP contribution >= 0.6 is 11.6 Å². The zero-order valence-corrected chi connectivity index (χ0v) is 17.6. The van der Waals surface area contributed by atoms with Crippen molar-refractivity contribution in [2.75, 3.05) is 5.32 Å². The molecule has 2 aromatic carbocycles. The van der Waals surface area contributed by atoms with Crippen LogP contribution in [0.2, 0.25) is 5.15 Å². The van der Waals surface area contributed by atoms with Crippen LogP contribution in [0.3, 0.4) is 0 Å². The van der Waals surface area contributed by atoms with E-state index < -0.39 is 0 Å². The van der Waals surface area contributed by atoms with Crippen LogP contribution in [0.5, 0.6) is 0 Å². The Morgan fingerprint density at radius 1 is 1.10 bits per heavy atom. The highest BCUT2D eigenvalue weighted by atomic mass is 35.5. The monoisotopic (exact) mass is 421 g/mol. The van der Waals surface area contributed by atoms with Gasteiger partial charge in [0.25, 0.3) is 5.91 Å². The number of rotatable bonds is 5. The van der Waals surface area contributed by atoms with Crippen LogP contribution in [0.4, 0.5) is 5.69 Å². The number of nitrogens with zero attached hydrogens (tertiary/aromatic N) is 6. The van der Waals surface area contributed by atoms with Crippen molar-refractivity contribution >= 4 is 23.2 Å². The maximum atomic E-state index is 12.9. The van der Waals surface area contributed by atoms with E-state index in [1.807, 2.05) is 50.2 Å². The Morgan fingerprint density at radius 3 is 2.53 bits per heavy atom. The van der Waals surface area contributed by atoms with Gasteiger partial charge in [0.1, 0.15) is 11.5 Å². The number of hydrogen-bond donors (Lipinski definition) is 1. The maximum absolute atomic E-state index is 12.9. The van der Waals surface area contributed by atoms with Crippen molar-refractivity contribution in [3.63, 3.8) is 0 Å². The molecule has 1 N–H and O–H groups in total. The molecule has 0 saturated carbocycles. The molecule has 0 aliphatic carbocycles. The Bertz CT molecular complexity index is 1200. The molecule has 4 aromatic rings. The summed E-state index contributed by atoms with van der Waals surface area (Å²) < 4.78 is 3.21. The number of carbonyl (C=O) groups is 1. The Hall–Kier alpha value is -3.52. The van der Waals surface area contributed by atoms with Gasteiger partial charge in [0.15, 0.2) is 0 Å². The smallest absolute Gasteiger partial charge is 0.260 e. The maximum Gasteiger partial charge on any atom is 0.260 e. The van der Waals surface area contributed by atoms with Gasteiger partial charge in [0.2, 0.25) is 0 Å². The molecule has 0 spiro atoms. The number of nitrogens with one attached hydrogen (secondary N) is 1. The minimum absolute atomic E-state index is 0.303. The van der Waals surface area contributed by atoms with Crippen molar-refractivity contribution in [2.24, 2.45) is 0 Å². The molecule has 0 aliphatic heterocycles. The summed E-state index contributed by atoms with van der Waals surface area (Å²) in [5, 5.41) is 18.8. The number of halogens is 1. The molecule has 2 aromatic heterocycles. The average Bonchev–Trinajstić information content (AvgIpc) is 3.32. The molecule has 0 radical (unpaired) electrons. The van der Waals surface area contributed by atoms with E-state index in [0.29, 0.717) is 28.6 Å². The number of aryl methyl sites for hydroxylation is 3.